The Morgan fingerprint density at radius 3 is 1.44 bits per heavy atom. The Balaban J connectivity index is 3.81. The van der Waals surface area contributed by atoms with Gasteiger partial charge in [0.1, 0.15) is 60.4 Å². The van der Waals surface area contributed by atoms with E-state index in [-0.39, 0.29) is 95.3 Å². The van der Waals surface area contributed by atoms with Crippen molar-refractivity contribution >= 4 is 65.0 Å². The van der Waals surface area contributed by atoms with Gasteiger partial charge in [-0.3, -0.25) is 52.7 Å². The third-order valence-corrected chi connectivity index (χ3v) is 13.8. The smallest absolute Gasteiger partial charge is 0.245 e. The molecule has 470 valence electrons. The first kappa shape index (κ1) is 73.9. The van der Waals surface area contributed by atoms with Crippen LogP contribution in [0.15, 0.2) is 0 Å². The Bertz CT molecular complexity index is 2070. The average Bonchev–Trinajstić information content (AvgIpc) is 3.41. The number of carbonyl (C=O) groups is 11. The molecule has 1 fully saturated rings. The molecule has 0 radical (unpaired) electrons. The highest BCUT2D eigenvalue weighted by molar-refractivity contribution is 5.99. The van der Waals surface area contributed by atoms with E-state index in [0.717, 1.165) is 19.3 Å². The SMILES string of the molecule is CCC[C@H](NC(=O)CCCC[C@@H](C)CC)C(=O)N[C@H](C(=O)N[C@@H](CCN)C(=O)N[C@H]1CCNC(=O)[C@H]([C@@H](C)O)NC(=O)[C@H](CCN)NC(=O)[C@H](CCN)NC(=O)[C@H](CC(C)C)NC(=O)[C@@H](CC(C)C)NC(=O)[C@H](CCN)NC1=O)[C@@H](C)O. The van der Waals surface area contributed by atoms with Crippen LogP contribution in [0.5, 0.6) is 0 Å². The van der Waals surface area contributed by atoms with Crippen LogP contribution in [-0.2, 0) is 52.7 Å². The highest BCUT2D eigenvalue weighted by atomic mass is 16.3. The van der Waals surface area contributed by atoms with Crippen LogP contribution in [0.4, 0.5) is 0 Å². The minimum Gasteiger partial charge on any atom is -0.391 e. The topological polar surface area (TPSA) is 465 Å². The molecule has 21 N–H and O–H groups in total. The molecule has 28 heteroatoms. The number of amides is 11. The quantitative estimate of drug-likeness (QED) is 0.0318. The Kier molecular flexibility index (Phi) is 35.5. The van der Waals surface area contributed by atoms with Gasteiger partial charge in [-0.25, -0.2) is 0 Å². The van der Waals surface area contributed by atoms with Crippen molar-refractivity contribution in [3.8, 4) is 0 Å². The van der Waals surface area contributed by atoms with Gasteiger partial charge in [0.25, 0.3) is 0 Å². The summed E-state index contributed by atoms with van der Waals surface area (Å²) in [5.74, 6) is -9.24. The maximum atomic E-state index is 14.4. The molecule has 1 aliphatic heterocycles. The van der Waals surface area contributed by atoms with Crippen molar-refractivity contribution in [2.75, 3.05) is 32.7 Å². The van der Waals surface area contributed by atoms with E-state index in [1.807, 2.05) is 0 Å². The van der Waals surface area contributed by atoms with Gasteiger partial charge in [-0.05, 0) is 116 Å². The first-order valence-electron chi connectivity index (χ1n) is 29.1. The second-order valence-corrected chi connectivity index (χ2v) is 22.2. The Morgan fingerprint density at radius 2 is 1.00 bits per heavy atom. The number of nitrogens with two attached hydrogens (primary N) is 4. The van der Waals surface area contributed by atoms with Crippen LogP contribution in [0, 0.1) is 17.8 Å². The molecule has 1 rings (SSSR count). The summed E-state index contributed by atoms with van der Waals surface area (Å²) in [4.78, 5) is 153. The van der Waals surface area contributed by atoms with Crippen molar-refractivity contribution < 1.29 is 63.0 Å². The van der Waals surface area contributed by atoms with Gasteiger partial charge in [-0.1, -0.05) is 74.1 Å². The molecule has 1 heterocycles. The Labute approximate surface area is 483 Å². The fraction of sp³-hybridized carbons (Fsp3) is 0.796. The van der Waals surface area contributed by atoms with Crippen LogP contribution >= 0.6 is 0 Å². The van der Waals surface area contributed by atoms with E-state index in [1.54, 1.807) is 34.6 Å². The largest absolute Gasteiger partial charge is 0.391 e. The fourth-order valence-electron chi connectivity index (χ4n) is 8.89. The van der Waals surface area contributed by atoms with Gasteiger partial charge >= 0.3 is 0 Å². The van der Waals surface area contributed by atoms with E-state index in [4.69, 9.17) is 22.9 Å². The molecule has 28 nitrogen and oxygen atoms in total. The second kappa shape index (κ2) is 39.4. The molecule has 82 heavy (non-hydrogen) atoms. The van der Waals surface area contributed by atoms with Crippen molar-refractivity contribution in [1.82, 2.24) is 58.5 Å². The van der Waals surface area contributed by atoms with Crippen LogP contribution in [-0.4, -0.2) is 181 Å². The van der Waals surface area contributed by atoms with E-state index in [9.17, 15) is 63.0 Å². The van der Waals surface area contributed by atoms with E-state index in [0.29, 0.717) is 18.8 Å². The average molecular weight is 1170 g/mol. The minimum atomic E-state index is -1.67. The molecule has 0 aromatic heterocycles. The lowest BCUT2D eigenvalue weighted by atomic mass is 9.99. The predicted molar refractivity (Wildman–Crippen MR) is 307 cm³/mol. The van der Waals surface area contributed by atoms with Gasteiger partial charge in [0.05, 0.1) is 12.2 Å². The number of aliphatic hydroxyl groups excluding tert-OH is 2. The molecule has 11 amide bonds. The van der Waals surface area contributed by atoms with Crippen LogP contribution in [0.25, 0.3) is 0 Å². The number of carbonyl (C=O) groups excluding carboxylic acids is 11. The van der Waals surface area contributed by atoms with Crippen molar-refractivity contribution in [2.24, 2.45) is 40.7 Å². The summed E-state index contributed by atoms with van der Waals surface area (Å²) in [7, 11) is 0. The summed E-state index contributed by atoms with van der Waals surface area (Å²) in [5.41, 5.74) is 23.5. The van der Waals surface area contributed by atoms with Crippen LogP contribution in [0.3, 0.4) is 0 Å². The lowest BCUT2D eigenvalue weighted by Gasteiger charge is -2.29. The molecule has 0 aliphatic carbocycles. The van der Waals surface area contributed by atoms with Gasteiger partial charge in [-0.15, -0.1) is 0 Å². The summed E-state index contributed by atoms with van der Waals surface area (Å²) >= 11 is 0. The molecule has 0 saturated carbocycles. The number of nitrogens with one attached hydrogen (secondary N) is 11. The predicted octanol–water partition coefficient (Wildman–Crippen LogP) is -3.99. The zero-order valence-corrected chi connectivity index (χ0v) is 49.8. The maximum absolute atomic E-state index is 14.4. The van der Waals surface area contributed by atoms with Gasteiger partial charge < -0.3 is 91.6 Å². The van der Waals surface area contributed by atoms with Crippen LogP contribution < -0.4 is 81.4 Å². The number of unbranched alkanes of at least 4 members (excludes halogenated alkanes) is 1. The normalized spacial score (nSPS) is 23.4. The monoisotopic (exact) mass is 1170 g/mol. The van der Waals surface area contributed by atoms with Gasteiger partial charge in [0.2, 0.25) is 65.0 Å². The highest BCUT2D eigenvalue weighted by Crippen LogP contribution is 2.14. The van der Waals surface area contributed by atoms with E-state index >= 15 is 0 Å². The van der Waals surface area contributed by atoms with Gasteiger partial charge in [0.15, 0.2) is 0 Å². The molecular weight excluding hydrogens is 1070 g/mol. The maximum Gasteiger partial charge on any atom is 0.245 e. The number of rotatable bonds is 29. The third-order valence-electron chi connectivity index (χ3n) is 13.8. The lowest BCUT2D eigenvalue weighted by Crippen LogP contribution is -2.62. The highest BCUT2D eigenvalue weighted by Gasteiger charge is 2.37. The second-order valence-electron chi connectivity index (χ2n) is 22.2. The minimum absolute atomic E-state index is 0.0496. The van der Waals surface area contributed by atoms with Crippen LogP contribution in [0.2, 0.25) is 0 Å². The summed E-state index contributed by atoms with van der Waals surface area (Å²) in [5, 5.41) is 49.8. The first-order valence-corrected chi connectivity index (χ1v) is 29.1. The van der Waals surface area contributed by atoms with Crippen molar-refractivity contribution in [3.63, 3.8) is 0 Å². The molecule has 1 aliphatic rings. The van der Waals surface area contributed by atoms with Crippen molar-refractivity contribution in [1.29, 1.82) is 0 Å². The first-order chi connectivity index (χ1) is 38.7. The summed E-state index contributed by atoms with van der Waals surface area (Å²) in [6.45, 7) is 14.6. The standard InChI is InChI=1S/C54H101N15O13/c1-10-14-34(60-42(72)16-13-12-15-31(7)11-2)49(77)69-44(33(9)71)54(82)65-37(19-24-57)46(74)64-39-21-26-59-53(81)43(32(8)70)68-50(78)38(20-25-58)62-45(73)35(17-22-55)63-51(79)40(27-29(3)4)67-52(80)41(28-30(5)6)66-47(75)36(18-23-56)61-48(39)76/h29-41,43-44,70-71H,10-28,55-58H2,1-9H3,(H,59,81)(H,60,72)(H,61,76)(H,62,73)(H,63,79)(H,64,74)(H,65,82)(H,66,75)(H,67,80)(H,68,78)(H,69,77)/t31-,32+,33+,34-,35-,36-,37-,38-,39-,40-,41+,43-,44-/m0/s1. The van der Waals surface area contributed by atoms with Gasteiger partial charge in [-0.2, -0.15) is 0 Å². The molecule has 0 spiro atoms. The fourth-order valence-corrected chi connectivity index (χ4v) is 8.89. The molecule has 13 atom stereocenters. The molecule has 0 unspecified atom stereocenters. The zero-order chi connectivity index (χ0) is 62.2. The zero-order valence-electron chi connectivity index (χ0n) is 49.8. The molecular formula is C54H101N15O13. The lowest BCUT2D eigenvalue weighted by molar-refractivity contribution is -0.137. The Hall–Kier alpha value is -6.07. The van der Waals surface area contributed by atoms with E-state index < -0.39 is 145 Å². The summed E-state index contributed by atoms with van der Waals surface area (Å²) < 4.78 is 0. The molecule has 0 bridgehead atoms. The summed E-state index contributed by atoms with van der Waals surface area (Å²) in [6, 6.07) is -14.3. The van der Waals surface area contributed by atoms with Crippen LogP contribution in [0.1, 0.15) is 152 Å². The van der Waals surface area contributed by atoms with Gasteiger partial charge in [0, 0.05) is 13.0 Å². The number of hydrogen-bond acceptors (Lipinski definition) is 17. The number of hydrogen-bond donors (Lipinski definition) is 17. The third kappa shape index (κ3) is 27.3. The molecule has 0 aromatic carbocycles. The molecule has 0 aromatic rings. The van der Waals surface area contributed by atoms with E-state index in [1.165, 1.54) is 13.8 Å². The number of aliphatic hydroxyl groups is 2. The summed E-state index contributed by atoms with van der Waals surface area (Å²) in [6.07, 6.45) is 0.159. The van der Waals surface area contributed by atoms with E-state index in [2.05, 4.69) is 72.3 Å². The van der Waals surface area contributed by atoms with Crippen molar-refractivity contribution in [2.45, 2.75) is 225 Å². The Morgan fingerprint density at radius 1 is 0.537 bits per heavy atom. The van der Waals surface area contributed by atoms with Crippen molar-refractivity contribution in [3.05, 3.63) is 0 Å². The molecule has 1 saturated heterocycles.